The first-order valence-electron chi connectivity index (χ1n) is 19.4. The topological polar surface area (TPSA) is 36.9 Å². The second-order valence-corrected chi connectivity index (χ2v) is 39.4. The lowest BCUT2D eigenvalue weighted by molar-refractivity contribution is -0.199. The summed E-state index contributed by atoms with van der Waals surface area (Å²) in [5, 5.41) is 0. The molecule has 4 nitrogen and oxygen atoms in total. The van der Waals surface area contributed by atoms with Gasteiger partial charge in [0.2, 0.25) is 0 Å². The van der Waals surface area contributed by atoms with Crippen molar-refractivity contribution in [2.45, 2.75) is 195 Å². The van der Waals surface area contributed by atoms with E-state index in [1.54, 1.807) is 0 Å². The predicted octanol–water partition coefficient (Wildman–Crippen LogP) is 11.6. The van der Waals surface area contributed by atoms with Gasteiger partial charge in [0, 0.05) is 12.2 Å². The Morgan fingerprint density at radius 1 is 0.696 bits per heavy atom. The molecule has 0 heterocycles. The van der Waals surface area contributed by atoms with Crippen molar-refractivity contribution in [3.05, 3.63) is 0 Å². The van der Waals surface area contributed by atoms with Gasteiger partial charge < -0.3 is 17.7 Å². The third kappa shape index (κ3) is 9.13. The van der Waals surface area contributed by atoms with E-state index < -0.39 is 33.3 Å². The van der Waals surface area contributed by atoms with Crippen molar-refractivity contribution in [3.63, 3.8) is 0 Å². The summed E-state index contributed by atoms with van der Waals surface area (Å²) in [5.41, 5.74) is 0.505. The first-order valence-corrected chi connectivity index (χ1v) is 33.0. The third-order valence-electron chi connectivity index (χ3n) is 12.7. The molecule has 0 aromatic rings. The minimum Gasteiger partial charge on any atom is -0.415 e. The van der Waals surface area contributed by atoms with Crippen LogP contribution in [-0.4, -0.2) is 57.2 Å². The highest BCUT2D eigenvalue weighted by Gasteiger charge is 2.67. The van der Waals surface area contributed by atoms with Gasteiger partial charge in [0.1, 0.15) is 0 Å². The molecule has 46 heavy (non-hydrogen) atoms. The van der Waals surface area contributed by atoms with Gasteiger partial charge in [-0.25, -0.2) is 0 Å². The van der Waals surface area contributed by atoms with Crippen molar-refractivity contribution in [2.75, 3.05) is 0 Å². The Morgan fingerprint density at radius 3 is 1.83 bits per heavy atom. The molecule has 0 amide bonds. The average molecular weight is 711 g/mol. The van der Waals surface area contributed by atoms with Crippen molar-refractivity contribution >= 4 is 33.3 Å². The number of rotatable bonds is 12. The van der Waals surface area contributed by atoms with E-state index in [9.17, 15) is 0 Å². The average Bonchev–Trinajstić information content (AvgIpc) is 3.18. The van der Waals surface area contributed by atoms with Crippen LogP contribution in [-0.2, 0) is 17.7 Å². The van der Waals surface area contributed by atoms with Crippen LogP contribution in [0.15, 0.2) is 0 Å². The zero-order chi connectivity index (χ0) is 34.9. The van der Waals surface area contributed by atoms with E-state index in [4.69, 9.17) is 17.7 Å². The fourth-order valence-electron chi connectivity index (χ4n) is 11.5. The quantitative estimate of drug-likeness (QED) is 0.189. The van der Waals surface area contributed by atoms with Gasteiger partial charge >= 0.3 is 0 Å². The Morgan fingerprint density at radius 2 is 1.28 bits per heavy atom. The highest BCUT2D eigenvalue weighted by molar-refractivity contribution is 6.70. The first-order chi connectivity index (χ1) is 20.6. The van der Waals surface area contributed by atoms with Crippen LogP contribution in [0.25, 0.3) is 0 Å². The molecule has 4 saturated carbocycles. The van der Waals surface area contributed by atoms with Crippen molar-refractivity contribution in [1.29, 1.82) is 0 Å². The van der Waals surface area contributed by atoms with E-state index in [0.29, 0.717) is 59.2 Å². The van der Waals surface area contributed by atoms with Crippen LogP contribution in [0.4, 0.5) is 0 Å². The molecular formula is C38H78O4Si4. The van der Waals surface area contributed by atoms with E-state index in [2.05, 4.69) is 113 Å². The molecule has 0 saturated heterocycles. The summed E-state index contributed by atoms with van der Waals surface area (Å²) in [5.74, 6) is 4.06. The van der Waals surface area contributed by atoms with Crippen LogP contribution in [0, 0.1) is 46.3 Å². The minimum atomic E-state index is -1.76. The monoisotopic (exact) mass is 710 g/mol. The van der Waals surface area contributed by atoms with Gasteiger partial charge in [0.25, 0.3) is 0 Å². The molecule has 4 aliphatic carbocycles. The van der Waals surface area contributed by atoms with Crippen molar-refractivity contribution in [2.24, 2.45) is 46.3 Å². The standard InChI is InChI=1S/C38H78O4Si4/c1-27(20-22-36(2,3)42-46(15,16)17)30-18-19-31-35-32(26-34(38(30,31)5)41-45(12,13)14)37(4)23-21-29(39-43(6,7)8)24-28(37)25-33(35)40-44(9,10)11/h27-35H,18-26H2,1-17H3/t27?,28-,29+,30?,31?,32?,33?,34-,35?,37?,38?/m0/s1. The Labute approximate surface area is 291 Å². The van der Waals surface area contributed by atoms with E-state index >= 15 is 0 Å². The summed E-state index contributed by atoms with van der Waals surface area (Å²) in [7, 11) is -6.67. The SMILES string of the molecule is CC(CCC(C)(C)O[Si](C)(C)C)C1CCC2C3C(O[Si](C)(C)C)C[C@@H]4C[C@H](O[Si](C)(C)C)CCC4(C)C3C[C@H](O[Si](C)(C)C)C12C. The van der Waals surface area contributed by atoms with Crippen LogP contribution >= 0.6 is 0 Å². The second-order valence-electron chi connectivity index (χ2n) is 21.6. The molecule has 4 aliphatic rings. The summed E-state index contributed by atoms with van der Waals surface area (Å²) < 4.78 is 28.3. The zero-order valence-electron chi connectivity index (χ0n) is 33.7. The molecule has 4 fully saturated rings. The van der Waals surface area contributed by atoms with Gasteiger partial charge in [-0.3, -0.25) is 0 Å². The lowest BCUT2D eigenvalue weighted by atomic mass is 9.43. The minimum absolute atomic E-state index is 0.0508. The maximum atomic E-state index is 7.45. The highest BCUT2D eigenvalue weighted by atomic mass is 28.4. The second kappa shape index (κ2) is 13.4. The van der Waals surface area contributed by atoms with Crippen molar-refractivity contribution in [1.82, 2.24) is 0 Å². The molecule has 0 radical (unpaired) electrons. The lowest BCUT2D eigenvalue weighted by Crippen LogP contribution is -2.64. The Bertz CT molecular complexity index is 1040. The smallest absolute Gasteiger partial charge is 0.184 e. The fourth-order valence-corrected chi connectivity index (χ4v) is 16.8. The first kappa shape index (κ1) is 39.5. The summed E-state index contributed by atoms with van der Waals surface area (Å²) in [4.78, 5) is 0. The van der Waals surface area contributed by atoms with Gasteiger partial charge in [-0.2, -0.15) is 0 Å². The predicted molar refractivity (Wildman–Crippen MR) is 208 cm³/mol. The van der Waals surface area contributed by atoms with Crippen LogP contribution in [0.3, 0.4) is 0 Å². The highest BCUT2D eigenvalue weighted by Crippen LogP contribution is 2.69. The molecule has 0 bridgehead atoms. The molecule has 0 N–H and O–H groups in total. The third-order valence-corrected chi connectivity index (χ3v) is 17.0. The van der Waals surface area contributed by atoms with Gasteiger partial charge in [-0.15, -0.1) is 0 Å². The van der Waals surface area contributed by atoms with Crippen LogP contribution < -0.4 is 0 Å². The maximum absolute atomic E-state index is 7.45. The molecule has 8 heteroatoms. The molecule has 4 rings (SSSR count). The van der Waals surface area contributed by atoms with Crippen molar-refractivity contribution in [3.8, 4) is 0 Å². The van der Waals surface area contributed by atoms with Gasteiger partial charge in [0.15, 0.2) is 33.3 Å². The summed E-state index contributed by atoms with van der Waals surface area (Å²) in [6.45, 7) is 41.3. The number of fused-ring (bicyclic) bond motifs is 5. The van der Waals surface area contributed by atoms with E-state index in [1.807, 2.05) is 0 Å². The molecule has 0 aromatic heterocycles. The fraction of sp³-hybridized carbons (Fsp3) is 1.00. The molecule has 270 valence electrons. The van der Waals surface area contributed by atoms with Crippen LogP contribution in [0.5, 0.6) is 0 Å². The summed E-state index contributed by atoms with van der Waals surface area (Å²) in [6, 6.07) is 0. The number of hydrogen-bond donors (Lipinski definition) is 0. The molecular weight excluding hydrogens is 633 g/mol. The Kier molecular flexibility index (Phi) is 11.5. The van der Waals surface area contributed by atoms with Crippen molar-refractivity contribution < 1.29 is 17.7 Å². The largest absolute Gasteiger partial charge is 0.415 e. The summed E-state index contributed by atoms with van der Waals surface area (Å²) >= 11 is 0. The molecule has 0 spiro atoms. The van der Waals surface area contributed by atoms with Gasteiger partial charge in [-0.05, 0) is 197 Å². The molecule has 0 aromatic carbocycles. The summed E-state index contributed by atoms with van der Waals surface area (Å²) in [6.07, 6.45) is 12.5. The van der Waals surface area contributed by atoms with Crippen LogP contribution in [0.1, 0.15) is 92.4 Å². The molecule has 8 unspecified atom stereocenters. The van der Waals surface area contributed by atoms with Gasteiger partial charge in [-0.1, -0.05) is 20.8 Å². The van der Waals surface area contributed by atoms with E-state index in [-0.39, 0.29) is 11.0 Å². The zero-order valence-corrected chi connectivity index (χ0v) is 37.7. The van der Waals surface area contributed by atoms with Gasteiger partial charge in [0.05, 0.1) is 11.7 Å². The lowest BCUT2D eigenvalue weighted by Gasteiger charge is -2.66. The Hall–Kier alpha value is 0.708. The molecule has 11 atom stereocenters. The Balaban J connectivity index is 1.69. The van der Waals surface area contributed by atoms with Crippen LogP contribution in [0.2, 0.25) is 78.6 Å². The number of hydrogen-bond acceptors (Lipinski definition) is 4. The molecule has 0 aliphatic heterocycles. The normalized spacial score (nSPS) is 39.8. The van der Waals surface area contributed by atoms with E-state index in [1.165, 1.54) is 51.4 Å². The maximum Gasteiger partial charge on any atom is 0.184 e. The van der Waals surface area contributed by atoms with E-state index in [0.717, 1.165) is 6.42 Å².